The number of nitriles is 1. The number of hydrogen-bond acceptors (Lipinski definition) is 2. The lowest BCUT2D eigenvalue weighted by Gasteiger charge is -2.23. The minimum absolute atomic E-state index is 0.0683. The Balaban J connectivity index is 1.84. The molecule has 0 bridgehead atoms. The highest BCUT2D eigenvalue weighted by molar-refractivity contribution is 5.92. The number of benzene rings is 1. The van der Waals surface area contributed by atoms with Crippen LogP contribution in [-0.4, -0.2) is 30.1 Å². The number of halogens is 1. The van der Waals surface area contributed by atoms with Crippen molar-refractivity contribution in [2.24, 2.45) is 0 Å². The highest BCUT2D eigenvalue weighted by Gasteiger charge is 2.22. The second kappa shape index (κ2) is 8.36. The summed E-state index contributed by atoms with van der Waals surface area (Å²) in [5.74, 6) is 0.189. The van der Waals surface area contributed by atoms with E-state index < -0.39 is 0 Å². The van der Waals surface area contributed by atoms with Gasteiger partial charge in [0, 0.05) is 12.2 Å². The second-order valence-corrected chi connectivity index (χ2v) is 7.29. The van der Waals surface area contributed by atoms with Crippen molar-refractivity contribution in [2.45, 2.75) is 39.7 Å². The first kappa shape index (κ1) is 19.1. The van der Waals surface area contributed by atoms with E-state index >= 15 is 0 Å². The zero-order valence-corrected chi connectivity index (χ0v) is 15.9. The minimum Gasteiger partial charge on any atom is -0.327 e. The molecule has 2 N–H and O–H groups in total. The number of aromatic nitrogens is 1. The normalized spacial score (nSPS) is 14.7. The van der Waals surface area contributed by atoms with E-state index in [0.29, 0.717) is 24.5 Å². The molecule has 1 aromatic carbocycles. The van der Waals surface area contributed by atoms with Crippen molar-refractivity contribution in [2.75, 3.05) is 25.0 Å². The molecule has 27 heavy (non-hydrogen) atoms. The van der Waals surface area contributed by atoms with Crippen molar-refractivity contribution in [3.8, 4) is 6.07 Å². The number of carbonyl (C=O) groups excluding carboxylic acids is 1. The fraction of sp³-hybridized carbons (Fsp3) is 0.429. The maximum absolute atomic E-state index is 13.2. The first-order valence-corrected chi connectivity index (χ1v) is 9.47. The summed E-state index contributed by atoms with van der Waals surface area (Å²) < 4.78 is 15.1. The third kappa shape index (κ3) is 4.37. The summed E-state index contributed by atoms with van der Waals surface area (Å²) in [5.41, 5.74) is 3.20. The number of nitrogens with one attached hydrogen (secondary N) is 2. The number of rotatable bonds is 5. The minimum atomic E-state index is -0.282. The number of likely N-dealkylation sites (tertiary alicyclic amines) is 1. The summed E-state index contributed by atoms with van der Waals surface area (Å²) in [7, 11) is 0. The average Bonchev–Trinajstić information content (AvgIpc) is 2.88. The van der Waals surface area contributed by atoms with E-state index in [-0.39, 0.29) is 11.7 Å². The first-order valence-electron chi connectivity index (χ1n) is 9.47. The van der Waals surface area contributed by atoms with Gasteiger partial charge in [0.2, 0.25) is 0 Å². The SMILES string of the molecule is Cc1c(C#N)c(NC(=O)C[NH+]2CCCCC2)n(Cc2ccc(F)cc2)c1C. The molecular weight excluding hydrogens is 343 g/mol. The van der Waals surface area contributed by atoms with Gasteiger partial charge < -0.3 is 14.8 Å². The van der Waals surface area contributed by atoms with Gasteiger partial charge in [0.1, 0.15) is 17.7 Å². The van der Waals surface area contributed by atoms with Crippen LogP contribution in [0, 0.1) is 31.0 Å². The third-order valence-corrected chi connectivity index (χ3v) is 5.42. The topological polar surface area (TPSA) is 62.3 Å². The highest BCUT2D eigenvalue weighted by atomic mass is 19.1. The van der Waals surface area contributed by atoms with Crippen LogP contribution >= 0.6 is 0 Å². The fourth-order valence-corrected chi connectivity index (χ4v) is 3.73. The second-order valence-electron chi connectivity index (χ2n) is 7.29. The lowest BCUT2D eigenvalue weighted by molar-refractivity contribution is -0.896. The number of hydrogen-bond donors (Lipinski definition) is 2. The van der Waals surface area contributed by atoms with Gasteiger partial charge >= 0.3 is 0 Å². The summed E-state index contributed by atoms with van der Waals surface area (Å²) in [6.45, 7) is 6.76. The molecule has 0 spiro atoms. The van der Waals surface area contributed by atoms with Crippen molar-refractivity contribution in [3.05, 3.63) is 52.5 Å². The van der Waals surface area contributed by atoms with Crippen LogP contribution in [0.5, 0.6) is 0 Å². The van der Waals surface area contributed by atoms with Gasteiger partial charge in [0.15, 0.2) is 6.54 Å². The first-order chi connectivity index (χ1) is 13.0. The number of nitrogens with zero attached hydrogens (tertiary/aromatic N) is 2. The Kier molecular flexibility index (Phi) is 5.92. The summed E-state index contributed by atoms with van der Waals surface area (Å²) in [4.78, 5) is 13.9. The Morgan fingerprint density at radius 1 is 1.22 bits per heavy atom. The Morgan fingerprint density at radius 2 is 1.89 bits per heavy atom. The van der Waals surface area contributed by atoms with E-state index in [1.807, 2.05) is 18.4 Å². The predicted octanol–water partition coefficient (Wildman–Crippen LogP) is 2.17. The molecule has 5 nitrogen and oxygen atoms in total. The molecule has 0 unspecified atom stereocenters. The molecule has 1 fully saturated rings. The lowest BCUT2D eigenvalue weighted by Crippen LogP contribution is -3.13. The molecule has 1 aliphatic heterocycles. The Hall–Kier alpha value is -2.65. The molecule has 6 heteroatoms. The average molecular weight is 369 g/mol. The molecule has 1 saturated heterocycles. The van der Waals surface area contributed by atoms with Crippen molar-refractivity contribution in [1.29, 1.82) is 5.26 Å². The Bertz CT molecular complexity index is 858. The summed E-state index contributed by atoms with van der Waals surface area (Å²) >= 11 is 0. The van der Waals surface area contributed by atoms with Crippen LogP contribution in [0.25, 0.3) is 0 Å². The third-order valence-electron chi connectivity index (χ3n) is 5.42. The van der Waals surface area contributed by atoms with Crippen molar-refractivity contribution < 1.29 is 14.1 Å². The van der Waals surface area contributed by atoms with Gasteiger partial charge in [-0.3, -0.25) is 4.79 Å². The van der Waals surface area contributed by atoms with Gasteiger partial charge in [-0.25, -0.2) is 4.39 Å². The van der Waals surface area contributed by atoms with E-state index in [1.165, 1.54) is 23.5 Å². The summed E-state index contributed by atoms with van der Waals surface area (Å²) in [5, 5.41) is 12.6. The number of anilines is 1. The molecule has 0 atom stereocenters. The van der Waals surface area contributed by atoms with Gasteiger partial charge in [-0.1, -0.05) is 12.1 Å². The molecule has 142 valence electrons. The molecule has 1 amide bonds. The van der Waals surface area contributed by atoms with Crippen molar-refractivity contribution in [1.82, 2.24) is 4.57 Å². The maximum Gasteiger partial charge on any atom is 0.280 e. The van der Waals surface area contributed by atoms with Gasteiger partial charge in [-0.15, -0.1) is 0 Å². The number of amides is 1. The van der Waals surface area contributed by atoms with E-state index in [2.05, 4.69) is 11.4 Å². The van der Waals surface area contributed by atoms with E-state index in [1.54, 1.807) is 12.1 Å². The summed E-state index contributed by atoms with van der Waals surface area (Å²) in [6, 6.07) is 8.51. The quantitative estimate of drug-likeness (QED) is 0.849. The largest absolute Gasteiger partial charge is 0.327 e. The lowest BCUT2D eigenvalue weighted by atomic mass is 10.1. The van der Waals surface area contributed by atoms with Gasteiger partial charge in [0.05, 0.1) is 18.7 Å². The molecule has 2 aromatic rings. The van der Waals surface area contributed by atoms with E-state index in [9.17, 15) is 14.4 Å². The number of carbonyl (C=O) groups is 1. The van der Waals surface area contributed by atoms with Gasteiger partial charge in [0.25, 0.3) is 5.91 Å². The molecule has 1 aromatic heterocycles. The van der Waals surface area contributed by atoms with Crippen molar-refractivity contribution >= 4 is 11.7 Å². The summed E-state index contributed by atoms with van der Waals surface area (Å²) in [6.07, 6.45) is 3.55. The zero-order valence-electron chi connectivity index (χ0n) is 15.9. The van der Waals surface area contributed by atoms with Gasteiger partial charge in [-0.05, 0) is 56.4 Å². The standard InChI is InChI=1S/C21H25FN4O/c1-15-16(2)26(13-17-6-8-18(22)9-7-17)21(19(15)12-23)24-20(27)14-25-10-4-3-5-11-25/h6-9H,3-5,10-11,13-14H2,1-2H3,(H,24,27)/p+1. The van der Waals surface area contributed by atoms with Crippen LogP contribution in [-0.2, 0) is 11.3 Å². The molecular formula is C21H26FN4O+. The van der Waals surface area contributed by atoms with Crippen LogP contribution in [0.4, 0.5) is 10.2 Å². The molecule has 0 saturated carbocycles. The molecule has 0 radical (unpaired) electrons. The predicted molar refractivity (Wildman–Crippen MR) is 102 cm³/mol. The molecule has 0 aliphatic carbocycles. The molecule has 3 rings (SSSR count). The van der Waals surface area contributed by atoms with Crippen LogP contribution < -0.4 is 10.2 Å². The van der Waals surface area contributed by atoms with Crippen LogP contribution in [0.2, 0.25) is 0 Å². The van der Waals surface area contributed by atoms with Crippen LogP contribution in [0.3, 0.4) is 0 Å². The van der Waals surface area contributed by atoms with Crippen LogP contribution in [0.1, 0.15) is 41.6 Å². The van der Waals surface area contributed by atoms with Crippen LogP contribution in [0.15, 0.2) is 24.3 Å². The Morgan fingerprint density at radius 3 is 2.52 bits per heavy atom. The van der Waals surface area contributed by atoms with Gasteiger partial charge in [-0.2, -0.15) is 5.26 Å². The van der Waals surface area contributed by atoms with Crippen molar-refractivity contribution in [3.63, 3.8) is 0 Å². The van der Waals surface area contributed by atoms with E-state index in [4.69, 9.17) is 0 Å². The Labute approximate surface area is 159 Å². The number of quaternary nitrogens is 1. The number of piperidine rings is 1. The molecule has 1 aliphatic rings. The maximum atomic E-state index is 13.2. The highest BCUT2D eigenvalue weighted by Crippen LogP contribution is 2.27. The molecule has 2 heterocycles. The fourth-order valence-electron chi connectivity index (χ4n) is 3.73. The monoisotopic (exact) mass is 369 g/mol. The van der Waals surface area contributed by atoms with E-state index in [0.717, 1.165) is 42.8 Å². The zero-order chi connectivity index (χ0) is 19.4. The smallest absolute Gasteiger partial charge is 0.280 e.